The molecular weight excluding hydrogens is 278 g/mol. The summed E-state index contributed by atoms with van der Waals surface area (Å²) in [5.41, 5.74) is 0. The molecule has 1 rings (SSSR count). The Morgan fingerprint density at radius 2 is 1.95 bits per heavy atom. The number of nitrogens with zero attached hydrogens (tertiary/aromatic N) is 2. The van der Waals surface area contributed by atoms with Crippen molar-refractivity contribution in [2.24, 2.45) is 0 Å². The summed E-state index contributed by atoms with van der Waals surface area (Å²) in [5.74, 6) is 0.697. The third-order valence-electron chi connectivity index (χ3n) is 3.39. The van der Waals surface area contributed by atoms with Crippen LogP contribution in [0.25, 0.3) is 0 Å². The lowest BCUT2D eigenvalue weighted by Gasteiger charge is -2.36. The van der Waals surface area contributed by atoms with Crippen LogP contribution in [-0.4, -0.2) is 84.1 Å². The normalized spacial score (nSPS) is 17.9. The van der Waals surface area contributed by atoms with E-state index in [2.05, 4.69) is 10.2 Å². The van der Waals surface area contributed by atoms with Gasteiger partial charge in [0.2, 0.25) is 11.8 Å². The van der Waals surface area contributed by atoms with Gasteiger partial charge in [0, 0.05) is 39.6 Å². The monoisotopic (exact) mass is 303 g/mol. The van der Waals surface area contributed by atoms with Crippen LogP contribution in [0.5, 0.6) is 0 Å². The van der Waals surface area contributed by atoms with Crippen LogP contribution in [0.2, 0.25) is 0 Å². The second kappa shape index (κ2) is 9.20. The van der Waals surface area contributed by atoms with E-state index >= 15 is 0 Å². The number of carbonyl (C=O) groups excluding carboxylic acids is 2. The molecule has 0 bridgehead atoms. The van der Waals surface area contributed by atoms with Gasteiger partial charge in [0.25, 0.3) is 0 Å². The molecule has 1 saturated heterocycles. The highest BCUT2D eigenvalue weighted by Crippen LogP contribution is 2.08. The number of thioether (sulfide) groups is 1. The maximum Gasteiger partial charge on any atom is 0.245 e. The Labute approximate surface area is 124 Å². The van der Waals surface area contributed by atoms with Crippen LogP contribution in [0.1, 0.15) is 13.3 Å². The lowest BCUT2D eigenvalue weighted by molar-refractivity contribution is -0.137. The third-order valence-corrected chi connectivity index (χ3v) is 4.03. The molecule has 2 amide bonds. The van der Waals surface area contributed by atoms with E-state index in [-0.39, 0.29) is 18.4 Å². The van der Waals surface area contributed by atoms with Gasteiger partial charge in [-0.25, -0.2) is 0 Å². The van der Waals surface area contributed by atoms with Crippen LogP contribution in [0, 0.1) is 0 Å². The first-order valence-corrected chi connectivity index (χ1v) is 8.36. The van der Waals surface area contributed by atoms with Crippen molar-refractivity contribution in [3.8, 4) is 0 Å². The molecule has 1 atom stereocenters. The molecule has 1 fully saturated rings. The molecule has 6 nitrogen and oxygen atoms in total. The summed E-state index contributed by atoms with van der Waals surface area (Å²) in [6, 6.07) is -0.413. The Morgan fingerprint density at radius 1 is 1.30 bits per heavy atom. The van der Waals surface area contributed by atoms with Gasteiger partial charge in [-0.2, -0.15) is 11.8 Å². The van der Waals surface area contributed by atoms with E-state index in [0.717, 1.165) is 18.8 Å². The Morgan fingerprint density at radius 3 is 2.45 bits per heavy atom. The smallest absolute Gasteiger partial charge is 0.245 e. The second-order valence-corrected chi connectivity index (χ2v) is 5.91. The van der Waals surface area contributed by atoms with Gasteiger partial charge < -0.3 is 15.3 Å². The standard InChI is InChI=1S/C13H25N3O3S/c1-11(18)14-12(3-10-20-2)13(19)16-6-4-15(5-7-16)8-9-17/h12,17H,3-10H2,1-2H3,(H,14,18). The predicted molar refractivity (Wildman–Crippen MR) is 80.7 cm³/mol. The molecule has 0 aromatic heterocycles. The summed E-state index contributed by atoms with van der Waals surface area (Å²) >= 11 is 1.67. The number of carbonyl (C=O) groups is 2. The highest BCUT2D eigenvalue weighted by atomic mass is 32.2. The first kappa shape index (κ1) is 17.3. The van der Waals surface area contributed by atoms with E-state index in [4.69, 9.17) is 5.11 Å². The third kappa shape index (κ3) is 5.68. The first-order chi connectivity index (χ1) is 9.58. The Kier molecular flexibility index (Phi) is 7.94. The maximum atomic E-state index is 12.4. The number of β-amino-alcohol motifs (C(OH)–C–C–N with tert-alkyl or cyclic N) is 1. The van der Waals surface area contributed by atoms with E-state index in [0.29, 0.717) is 26.1 Å². The van der Waals surface area contributed by atoms with Crippen molar-refractivity contribution in [3.05, 3.63) is 0 Å². The summed E-state index contributed by atoms with van der Waals surface area (Å²) in [6.07, 6.45) is 2.65. The minimum Gasteiger partial charge on any atom is -0.395 e. The fourth-order valence-electron chi connectivity index (χ4n) is 2.29. The van der Waals surface area contributed by atoms with E-state index in [9.17, 15) is 9.59 Å². The van der Waals surface area contributed by atoms with Crippen molar-refractivity contribution >= 4 is 23.6 Å². The summed E-state index contributed by atoms with van der Waals surface area (Å²) in [4.78, 5) is 27.6. The summed E-state index contributed by atoms with van der Waals surface area (Å²) < 4.78 is 0. The predicted octanol–water partition coefficient (Wildman–Crippen LogP) is -0.619. The Balaban J connectivity index is 2.50. The molecule has 2 N–H and O–H groups in total. The molecular formula is C13H25N3O3S. The SMILES string of the molecule is CSCCC(NC(C)=O)C(=O)N1CCN(CCO)CC1. The zero-order valence-electron chi connectivity index (χ0n) is 12.3. The second-order valence-electron chi connectivity index (χ2n) is 4.93. The maximum absolute atomic E-state index is 12.4. The zero-order valence-corrected chi connectivity index (χ0v) is 13.1. The van der Waals surface area contributed by atoms with Crippen molar-refractivity contribution < 1.29 is 14.7 Å². The molecule has 1 aliphatic rings. The topological polar surface area (TPSA) is 72.9 Å². The molecule has 1 unspecified atom stereocenters. The molecule has 0 aromatic carbocycles. The number of amides is 2. The number of rotatable bonds is 7. The number of aliphatic hydroxyl groups excluding tert-OH is 1. The van der Waals surface area contributed by atoms with E-state index in [1.807, 2.05) is 11.2 Å². The lowest BCUT2D eigenvalue weighted by atomic mass is 10.1. The van der Waals surface area contributed by atoms with Crippen molar-refractivity contribution in [1.29, 1.82) is 0 Å². The van der Waals surface area contributed by atoms with Crippen molar-refractivity contribution in [2.45, 2.75) is 19.4 Å². The van der Waals surface area contributed by atoms with Gasteiger partial charge >= 0.3 is 0 Å². The Hall–Kier alpha value is -0.790. The number of hydrogen-bond donors (Lipinski definition) is 2. The van der Waals surface area contributed by atoms with Crippen LogP contribution < -0.4 is 5.32 Å². The number of nitrogens with one attached hydrogen (secondary N) is 1. The molecule has 0 aliphatic carbocycles. The van der Waals surface area contributed by atoms with Gasteiger partial charge in [-0.1, -0.05) is 0 Å². The van der Waals surface area contributed by atoms with E-state index < -0.39 is 6.04 Å². The van der Waals surface area contributed by atoms with E-state index in [1.165, 1.54) is 6.92 Å². The van der Waals surface area contributed by atoms with Gasteiger partial charge in [0.1, 0.15) is 6.04 Å². The van der Waals surface area contributed by atoms with Crippen LogP contribution in [0.4, 0.5) is 0 Å². The van der Waals surface area contributed by atoms with Crippen molar-refractivity contribution in [1.82, 2.24) is 15.1 Å². The highest BCUT2D eigenvalue weighted by molar-refractivity contribution is 7.98. The van der Waals surface area contributed by atoms with Gasteiger partial charge in [-0.3, -0.25) is 14.5 Å². The molecule has 116 valence electrons. The molecule has 0 saturated carbocycles. The summed E-state index contributed by atoms with van der Waals surface area (Å²) in [7, 11) is 0. The summed E-state index contributed by atoms with van der Waals surface area (Å²) in [5, 5.41) is 11.7. The fraction of sp³-hybridized carbons (Fsp3) is 0.846. The number of hydrogen-bond acceptors (Lipinski definition) is 5. The quantitative estimate of drug-likeness (QED) is 0.656. The lowest BCUT2D eigenvalue weighted by Crippen LogP contribution is -2.55. The van der Waals surface area contributed by atoms with E-state index in [1.54, 1.807) is 11.8 Å². The van der Waals surface area contributed by atoms with Crippen molar-refractivity contribution in [3.63, 3.8) is 0 Å². The van der Waals surface area contributed by atoms with Crippen molar-refractivity contribution in [2.75, 3.05) is 51.3 Å². The van der Waals surface area contributed by atoms with Gasteiger partial charge in [0.05, 0.1) is 6.61 Å². The number of aliphatic hydroxyl groups is 1. The van der Waals surface area contributed by atoms with Gasteiger partial charge in [-0.15, -0.1) is 0 Å². The molecule has 0 radical (unpaired) electrons. The molecule has 1 heterocycles. The largest absolute Gasteiger partial charge is 0.395 e. The van der Waals surface area contributed by atoms with Gasteiger partial charge in [-0.05, 0) is 18.4 Å². The molecule has 0 spiro atoms. The molecule has 0 aromatic rings. The minimum absolute atomic E-state index is 0.0119. The Bertz CT molecular complexity index is 320. The molecule has 7 heteroatoms. The zero-order chi connectivity index (χ0) is 15.0. The minimum atomic E-state index is -0.413. The average molecular weight is 303 g/mol. The molecule has 1 aliphatic heterocycles. The fourth-order valence-corrected chi connectivity index (χ4v) is 2.76. The summed E-state index contributed by atoms with van der Waals surface area (Å²) in [6.45, 7) is 5.13. The van der Waals surface area contributed by atoms with Gasteiger partial charge in [0.15, 0.2) is 0 Å². The highest BCUT2D eigenvalue weighted by Gasteiger charge is 2.27. The van der Waals surface area contributed by atoms with Crippen LogP contribution in [0.15, 0.2) is 0 Å². The number of piperazine rings is 1. The molecule has 20 heavy (non-hydrogen) atoms. The van der Waals surface area contributed by atoms with Crippen LogP contribution >= 0.6 is 11.8 Å². The van der Waals surface area contributed by atoms with Crippen LogP contribution in [-0.2, 0) is 9.59 Å². The average Bonchev–Trinajstić information content (AvgIpc) is 2.43. The first-order valence-electron chi connectivity index (χ1n) is 6.96. The van der Waals surface area contributed by atoms with Crippen LogP contribution in [0.3, 0.4) is 0 Å².